The van der Waals surface area contributed by atoms with Gasteiger partial charge in [-0.2, -0.15) is 0 Å². The number of benzene rings is 1. The third-order valence-corrected chi connectivity index (χ3v) is 2.73. The smallest absolute Gasteiger partial charge is 0.305 e. The maximum atomic E-state index is 11.5. The molecule has 0 aromatic heterocycles. The van der Waals surface area contributed by atoms with Crippen molar-refractivity contribution in [1.29, 1.82) is 0 Å². The number of para-hydroxylation sites is 1. The Morgan fingerprint density at radius 1 is 1.33 bits per heavy atom. The first-order valence-corrected chi connectivity index (χ1v) is 7.03. The number of unbranched alkanes of at least 4 members (excludes halogenated alkanes) is 1. The molecule has 2 N–H and O–H groups in total. The number of carboxylic acids is 1. The Bertz CT molecular complexity index is 497. The molecule has 0 aliphatic heterocycles. The minimum Gasteiger partial charge on any atom is -0.493 e. The van der Waals surface area contributed by atoms with Gasteiger partial charge < -0.3 is 15.2 Å². The molecule has 5 heteroatoms. The zero-order valence-electron chi connectivity index (χ0n) is 12.2. The molecule has 1 aromatic carbocycles. The molecule has 114 valence electrons. The van der Waals surface area contributed by atoms with Crippen LogP contribution in [0, 0.1) is 0 Å². The van der Waals surface area contributed by atoms with Gasteiger partial charge in [-0.05, 0) is 18.6 Å². The standard InChI is InChI=1S/C16H21NO4/c1-2-3-12-21-14-7-5-4-6-13(14)8-9-15(18)17-11-10-16(19)20/h4-9H,2-3,10-12H2,1H3,(H,17,18)(H,19,20). The summed E-state index contributed by atoms with van der Waals surface area (Å²) in [6.07, 6.45) is 5.00. The van der Waals surface area contributed by atoms with Gasteiger partial charge in [0, 0.05) is 18.2 Å². The van der Waals surface area contributed by atoms with E-state index in [2.05, 4.69) is 12.2 Å². The highest BCUT2D eigenvalue weighted by molar-refractivity contribution is 5.92. The molecule has 0 saturated carbocycles. The summed E-state index contributed by atoms with van der Waals surface area (Å²) in [6.45, 7) is 2.86. The molecule has 0 fully saturated rings. The van der Waals surface area contributed by atoms with Gasteiger partial charge in [-0.15, -0.1) is 0 Å². The number of carbonyl (C=O) groups excluding carboxylic acids is 1. The fourth-order valence-electron chi connectivity index (χ4n) is 1.59. The monoisotopic (exact) mass is 291 g/mol. The maximum Gasteiger partial charge on any atom is 0.305 e. The van der Waals surface area contributed by atoms with Gasteiger partial charge in [-0.3, -0.25) is 9.59 Å². The molecule has 0 aliphatic rings. The number of carboxylic acid groups (broad SMARTS) is 1. The Morgan fingerprint density at radius 3 is 2.81 bits per heavy atom. The van der Waals surface area contributed by atoms with Gasteiger partial charge in [0.1, 0.15) is 5.75 Å². The molecule has 0 aliphatic carbocycles. The SMILES string of the molecule is CCCCOc1ccccc1C=CC(=O)NCCC(=O)O. The van der Waals surface area contributed by atoms with E-state index in [-0.39, 0.29) is 18.9 Å². The largest absolute Gasteiger partial charge is 0.493 e. The van der Waals surface area contributed by atoms with Crippen molar-refractivity contribution in [2.24, 2.45) is 0 Å². The Kier molecular flexibility index (Phi) is 7.64. The van der Waals surface area contributed by atoms with Crippen LogP contribution in [0.25, 0.3) is 6.08 Å². The van der Waals surface area contributed by atoms with Crippen molar-refractivity contribution in [2.75, 3.05) is 13.2 Å². The van der Waals surface area contributed by atoms with Gasteiger partial charge in [-0.25, -0.2) is 0 Å². The lowest BCUT2D eigenvalue weighted by Gasteiger charge is -2.08. The molecule has 0 saturated heterocycles. The van der Waals surface area contributed by atoms with Crippen LogP contribution in [0.5, 0.6) is 5.75 Å². The molecule has 1 rings (SSSR count). The van der Waals surface area contributed by atoms with Crippen molar-refractivity contribution in [2.45, 2.75) is 26.2 Å². The van der Waals surface area contributed by atoms with Crippen molar-refractivity contribution in [1.82, 2.24) is 5.32 Å². The van der Waals surface area contributed by atoms with Crippen molar-refractivity contribution in [3.8, 4) is 5.75 Å². The molecule has 1 amide bonds. The van der Waals surface area contributed by atoms with Crippen LogP contribution in [-0.4, -0.2) is 30.1 Å². The van der Waals surface area contributed by atoms with E-state index in [0.717, 1.165) is 24.2 Å². The summed E-state index contributed by atoms with van der Waals surface area (Å²) in [6, 6.07) is 7.47. The molecule has 0 unspecified atom stereocenters. The fourth-order valence-corrected chi connectivity index (χ4v) is 1.59. The quantitative estimate of drug-likeness (QED) is 0.541. The summed E-state index contributed by atoms with van der Waals surface area (Å²) in [5, 5.41) is 11.0. The van der Waals surface area contributed by atoms with Gasteiger partial charge in [0.05, 0.1) is 13.0 Å². The molecule has 0 heterocycles. The van der Waals surface area contributed by atoms with Gasteiger partial charge in [0.25, 0.3) is 0 Å². The van der Waals surface area contributed by atoms with E-state index >= 15 is 0 Å². The minimum absolute atomic E-state index is 0.0870. The van der Waals surface area contributed by atoms with E-state index in [9.17, 15) is 9.59 Å². The lowest BCUT2D eigenvalue weighted by atomic mass is 10.2. The fraction of sp³-hybridized carbons (Fsp3) is 0.375. The molecule has 0 spiro atoms. The number of carbonyl (C=O) groups is 2. The predicted octanol–water partition coefficient (Wildman–Crippen LogP) is 2.47. The molecular weight excluding hydrogens is 270 g/mol. The molecule has 0 atom stereocenters. The van der Waals surface area contributed by atoms with Crippen LogP contribution in [0.15, 0.2) is 30.3 Å². The third kappa shape index (κ3) is 7.15. The summed E-state index contributed by atoms with van der Waals surface area (Å²) >= 11 is 0. The number of ether oxygens (including phenoxy) is 1. The highest BCUT2D eigenvalue weighted by Gasteiger charge is 2.02. The Morgan fingerprint density at radius 2 is 2.10 bits per heavy atom. The first-order valence-electron chi connectivity index (χ1n) is 7.03. The Labute approximate surface area is 124 Å². The number of hydrogen-bond acceptors (Lipinski definition) is 3. The Balaban J connectivity index is 2.54. The summed E-state index contributed by atoms with van der Waals surface area (Å²) in [7, 11) is 0. The van der Waals surface area contributed by atoms with Gasteiger partial charge in [0.2, 0.25) is 5.91 Å². The Hall–Kier alpha value is -2.30. The van der Waals surface area contributed by atoms with Crippen LogP contribution in [0.1, 0.15) is 31.7 Å². The molecule has 0 radical (unpaired) electrons. The zero-order chi connectivity index (χ0) is 15.5. The molecule has 5 nitrogen and oxygen atoms in total. The summed E-state index contributed by atoms with van der Waals surface area (Å²) in [5.74, 6) is -0.519. The van der Waals surface area contributed by atoms with Crippen LogP contribution in [0.4, 0.5) is 0 Å². The second kappa shape index (κ2) is 9.58. The first kappa shape index (κ1) is 16.8. The number of amides is 1. The van der Waals surface area contributed by atoms with Crippen molar-refractivity contribution in [3.05, 3.63) is 35.9 Å². The van der Waals surface area contributed by atoms with Crippen LogP contribution in [0.2, 0.25) is 0 Å². The van der Waals surface area contributed by atoms with E-state index in [1.807, 2.05) is 24.3 Å². The van der Waals surface area contributed by atoms with Crippen LogP contribution in [-0.2, 0) is 9.59 Å². The number of aliphatic carboxylic acids is 1. The number of hydrogen-bond donors (Lipinski definition) is 2. The second-order valence-electron chi connectivity index (χ2n) is 4.51. The average molecular weight is 291 g/mol. The maximum absolute atomic E-state index is 11.5. The van der Waals surface area contributed by atoms with Gasteiger partial charge in [0.15, 0.2) is 0 Å². The topological polar surface area (TPSA) is 75.6 Å². The van der Waals surface area contributed by atoms with Gasteiger partial charge in [-0.1, -0.05) is 31.5 Å². The van der Waals surface area contributed by atoms with Crippen LogP contribution < -0.4 is 10.1 Å². The molecular formula is C16H21NO4. The van der Waals surface area contributed by atoms with Crippen LogP contribution >= 0.6 is 0 Å². The average Bonchev–Trinajstić information content (AvgIpc) is 2.46. The normalized spacial score (nSPS) is 10.5. The van der Waals surface area contributed by atoms with Crippen molar-refractivity contribution >= 4 is 18.0 Å². The predicted molar refractivity (Wildman–Crippen MR) is 81.1 cm³/mol. The van der Waals surface area contributed by atoms with E-state index in [4.69, 9.17) is 9.84 Å². The summed E-state index contributed by atoms with van der Waals surface area (Å²) < 4.78 is 5.66. The summed E-state index contributed by atoms with van der Waals surface area (Å²) in [5.41, 5.74) is 0.821. The third-order valence-electron chi connectivity index (χ3n) is 2.73. The van der Waals surface area contributed by atoms with Gasteiger partial charge >= 0.3 is 5.97 Å². The molecule has 21 heavy (non-hydrogen) atoms. The first-order chi connectivity index (χ1) is 10.1. The van der Waals surface area contributed by atoms with E-state index < -0.39 is 5.97 Å². The zero-order valence-corrected chi connectivity index (χ0v) is 12.2. The van der Waals surface area contributed by atoms with E-state index in [1.165, 1.54) is 6.08 Å². The van der Waals surface area contributed by atoms with Crippen molar-refractivity contribution in [3.63, 3.8) is 0 Å². The van der Waals surface area contributed by atoms with Crippen LogP contribution in [0.3, 0.4) is 0 Å². The van der Waals surface area contributed by atoms with E-state index in [1.54, 1.807) is 6.08 Å². The number of rotatable bonds is 9. The van der Waals surface area contributed by atoms with E-state index in [0.29, 0.717) is 6.61 Å². The highest BCUT2D eigenvalue weighted by Crippen LogP contribution is 2.19. The lowest BCUT2D eigenvalue weighted by molar-refractivity contribution is -0.136. The lowest BCUT2D eigenvalue weighted by Crippen LogP contribution is -2.23. The molecule has 1 aromatic rings. The number of nitrogens with one attached hydrogen (secondary N) is 1. The second-order valence-corrected chi connectivity index (χ2v) is 4.51. The molecule has 0 bridgehead atoms. The minimum atomic E-state index is -0.936. The van der Waals surface area contributed by atoms with Crippen molar-refractivity contribution < 1.29 is 19.4 Å². The summed E-state index contributed by atoms with van der Waals surface area (Å²) in [4.78, 5) is 21.9. The highest BCUT2D eigenvalue weighted by atomic mass is 16.5.